The topological polar surface area (TPSA) is 17.1 Å². The van der Waals surface area contributed by atoms with Crippen molar-refractivity contribution >= 4 is 21.7 Å². The fraction of sp³-hybridized carbons (Fsp3) is 0.250. The smallest absolute Gasteiger partial charge is 0.189 e. The van der Waals surface area contributed by atoms with Gasteiger partial charge in [-0.15, -0.1) is 0 Å². The van der Waals surface area contributed by atoms with Crippen LogP contribution in [0.2, 0.25) is 0 Å². The van der Waals surface area contributed by atoms with Crippen molar-refractivity contribution in [3.05, 3.63) is 45.7 Å². The number of allylic oxidation sites excluding steroid dienone is 2. The molecular weight excluding hydrogens is 259 g/mol. The molecule has 0 aromatic heterocycles. The van der Waals surface area contributed by atoms with E-state index in [1.54, 1.807) is 12.1 Å². The van der Waals surface area contributed by atoms with Gasteiger partial charge >= 0.3 is 0 Å². The predicted molar refractivity (Wildman–Crippen MR) is 60.4 cm³/mol. The lowest BCUT2D eigenvalue weighted by atomic mass is 10.0. The van der Waals surface area contributed by atoms with Gasteiger partial charge in [-0.25, -0.2) is 4.39 Å². The lowest BCUT2D eigenvalue weighted by Crippen LogP contribution is -2.03. The van der Waals surface area contributed by atoms with E-state index in [1.165, 1.54) is 6.07 Å². The quantitative estimate of drug-likeness (QED) is 0.744. The second kappa shape index (κ2) is 4.27. The maximum Gasteiger partial charge on any atom is 0.189 e. The molecule has 0 fully saturated rings. The van der Waals surface area contributed by atoms with Crippen LogP contribution in [0.5, 0.6) is 0 Å². The summed E-state index contributed by atoms with van der Waals surface area (Å²) in [5, 5.41) is 0. The molecule has 15 heavy (non-hydrogen) atoms. The van der Waals surface area contributed by atoms with Gasteiger partial charge in [-0.2, -0.15) is 0 Å². The maximum absolute atomic E-state index is 13.2. The molecule has 0 amide bonds. The highest BCUT2D eigenvalue weighted by Crippen LogP contribution is 2.27. The normalized spacial score (nSPS) is 15.2. The summed E-state index contributed by atoms with van der Waals surface area (Å²) in [7, 11) is 0. The standard InChI is InChI=1S/C12H10BrFO/c13-11-9(6-3-7-10(11)14)12(15)8-4-1-2-5-8/h3-4,6-7H,1-2,5H2. The summed E-state index contributed by atoms with van der Waals surface area (Å²) in [6, 6.07) is 4.54. The highest BCUT2D eigenvalue weighted by molar-refractivity contribution is 9.10. The van der Waals surface area contributed by atoms with Crippen LogP contribution in [0.1, 0.15) is 29.6 Å². The number of hydrogen-bond acceptors (Lipinski definition) is 1. The zero-order valence-electron chi connectivity index (χ0n) is 8.09. The Kier molecular flexibility index (Phi) is 3.00. The lowest BCUT2D eigenvalue weighted by Gasteiger charge is -2.04. The first-order valence-corrected chi connectivity index (χ1v) is 5.67. The molecule has 0 N–H and O–H groups in total. The second-order valence-corrected chi connectivity index (χ2v) is 4.35. The molecule has 0 heterocycles. The molecule has 3 heteroatoms. The highest BCUT2D eigenvalue weighted by atomic mass is 79.9. The Morgan fingerprint density at radius 1 is 1.40 bits per heavy atom. The molecule has 0 spiro atoms. The Hall–Kier alpha value is -0.960. The van der Waals surface area contributed by atoms with Gasteiger partial charge in [0, 0.05) is 5.56 Å². The average Bonchev–Trinajstić information content (AvgIpc) is 2.74. The van der Waals surface area contributed by atoms with Gasteiger partial charge in [0.1, 0.15) is 5.82 Å². The minimum absolute atomic E-state index is 0.0566. The van der Waals surface area contributed by atoms with Crippen LogP contribution in [0.15, 0.2) is 34.3 Å². The number of hydrogen-bond donors (Lipinski definition) is 0. The van der Waals surface area contributed by atoms with Crippen molar-refractivity contribution in [1.29, 1.82) is 0 Å². The fourth-order valence-corrected chi connectivity index (χ4v) is 2.17. The molecule has 78 valence electrons. The van der Waals surface area contributed by atoms with E-state index < -0.39 is 0 Å². The van der Waals surface area contributed by atoms with Crippen LogP contribution in [0.4, 0.5) is 4.39 Å². The summed E-state index contributed by atoms with van der Waals surface area (Å²) in [5.74, 6) is -0.446. The summed E-state index contributed by atoms with van der Waals surface area (Å²) >= 11 is 3.10. The number of ketones is 1. The Bertz CT molecular complexity index is 437. The molecule has 1 nitrogen and oxygen atoms in total. The van der Waals surface area contributed by atoms with E-state index in [1.807, 2.05) is 6.08 Å². The molecule has 1 aromatic rings. The van der Waals surface area contributed by atoms with Crippen LogP contribution >= 0.6 is 15.9 Å². The van der Waals surface area contributed by atoms with Crippen molar-refractivity contribution in [3.8, 4) is 0 Å². The van der Waals surface area contributed by atoms with Crippen LogP contribution < -0.4 is 0 Å². The monoisotopic (exact) mass is 268 g/mol. The molecular formula is C12H10BrFO. The molecule has 2 rings (SSSR count). The Morgan fingerprint density at radius 3 is 2.87 bits per heavy atom. The third-order valence-corrected chi connectivity index (χ3v) is 3.33. The largest absolute Gasteiger partial charge is 0.289 e. The van der Waals surface area contributed by atoms with Gasteiger partial charge in [-0.05, 0) is 52.9 Å². The van der Waals surface area contributed by atoms with Crippen molar-refractivity contribution in [1.82, 2.24) is 0 Å². The number of benzene rings is 1. The van der Waals surface area contributed by atoms with E-state index in [-0.39, 0.29) is 16.1 Å². The molecule has 0 radical (unpaired) electrons. The molecule has 0 unspecified atom stereocenters. The number of carbonyl (C=O) groups is 1. The fourth-order valence-electron chi connectivity index (χ4n) is 1.73. The highest BCUT2D eigenvalue weighted by Gasteiger charge is 2.18. The van der Waals surface area contributed by atoms with Gasteiger partial charge in [0.25, 0.3) is 0 Å². The minimum atomic E-state index is -0.389. The minimum Gasteiger partial charge on any atom is -0.289 e. The number of rotatable bonds is 2. The molecule has 0 bridgehead atoms. The Labute approximate surface area is 96.1 Å². The van der Waals surface area contributed by atoms with Crippen molar-refractivity contribution in [2.45, 2.75) is 19.3 Å². The van der Waals surface area contributed by atoms with Crippen LogP contribution in [0.25, 0.3) is 0 Å². The van der Waals surface area contributed by atoms with E-state index in [9.17, 15) is 9.18 Å². The zero-order chi connectivity index (χ0) is 10.8. The second-order valence-electron chi connectivity index (χ2n) is 3.55. The maximum atomic E-state index is 13.2. The van der Waals surface area contributed by atoms with Crippen molar-refractivity contribution in [2.75, 3.05) is 0 Å². The predicted octanol–water partition coefficient (Wildman–Crippen LogP) is 3.88. The van der Waals surface area contributed by atoms with E-state index in [0.717, 1.165) is 24.8 Å². The van der Waals surface area contributed by atoms with Crippen molar-refractivity contribution < 1.29 is 9.18 Å². The summed E-state index contributed by atoms with van der Waals surface area (Å²) in [6.07, 6.45) is 4.73. The third kappa shape index (κ3) is 2.02. The lowest BCUT2D eigenvalue weighted by molar-refractivity contribution is 0.103. The van der Waals surface area contributed by atoms with Crippen LogP contribution in [-0.2, 0) is 0 Å². The summed E-state index contributed by atoms with van der Waals surface area (Å²) in [4.78, 5) is 12.0. The van der Waals surface area contributed by atoms with Crippen LogP contribution in [0, 0.1) is 5.82 Å². The van der Waals surface area contributed by atoms with Gasteiger partial charge in [0.05, 0.1) is 4.47 Å². The van der Waals surface area contributed by atoms with Gasteiger partial charge in [-0.3, -0.25) is 4.79 Å². The summed E-state index contributed by atoms with van der Waals surface area (Å²) in [5.41, 5.74) is 1.23. The molecule has 0 aliphatic heterocycles. The van der Waals surface area contributed by atoms with Crippen molar-refractivity contribution in [2.24, 2.45) is 0 Å². The number of carbonyl (C=O) groups excluding carboxylic acids is 1. The Balaban J connectivity index is 2.37. The van der Waals surface area contributed by atoms with E-state index in [0.29, 0.717) is 5.56 Å². The molecule has 1 aromatic carbocycles. The van der Waals surface area contributed by atoms with Gasteiger partial charge < -0.3 is 0 Å². The molecule has 1 aliphatic carbocycles. The van der Waals surface area contributed by atoms with Crippen molar-refractivity contribution in [3.63, 3.8) is 0 Å². The first kappa shape index (κ1) is 10.6. The molecule has 1 aliphatic rings. The summed E-state index contributed by atoms with van der Waals surface area (Å²) < 4.78 is 13.5. The Morgan fingerprint density at radius 2 is 2.20 bits per heavy atom. The molecule has 0 saturated carbocycles. The van der Waals surface area contributed by atoms with Crippen LogP contribution in [-0.4, -0.2) is 5.78 Å². The van der Waals surface area contributed by atoms with Crippen LogP contribution in [0.3, 0.4) is 0 Å². The molecule has 0 saturated heterocycles. The average molecular weight is 269 g/mol. The SMILES string of the molecule is O=C(C1=CCCC1)c1cccc(F)c1Br. The van der Waals surface area contributed by atoms with E-state index >= 15 is 0 Å². The zero-order valence-corrected chi connectivity index (χ0v) is 9.68. The number of Topliss-reactive ketones (excluding diaryl/α,β-unsaturated/α-hetero) is 1. The van der Waals surface area contributed by atoms with E-state index in [2.05, 4.69) is 15.9 Å². The number of halogens is 2. The van der Waals surface area contributed by atoms with Gasteiger partial charge in [0.2, 0.25) is 0 Å². The van der Waals surface area contributed by atoms with Gasteiger partial charge in [-0.1, -0.05) is 12.1 Å². The first-order chi connectivity index (χ1) is 7.20. The first-order valence-electron chi connectivity index (χ1n) is 4.88. The third-order valence-electron chi connectivity index (χ3n) is 2.53. The summed E-state index contributed by atoms with van der Waals surface area (Å²) in [6.45, 7) is 0. The van der Waals surface area contributed by atoms with Gasteiger partial charge in [0.15, 0.2) is 5.78 Å². The van der Waals surface area contributed by atoms with E-state index in [4.69, 9.17) is 0 Å². The molecule has 0 atom stereocenters.